The van der Waals surface area contributed by atoms with Gasteiger partial charge < -0.3 is 9.88 Å². The second-order valence-electron chi connectivity index (χ2n) is 5.61. The molecule has 1 aliphatic carbocycles. The second kappa shape index (κ2) is 7.49. The molecule has 5 heteroatoms. The molecule has 4 nitrogen and oxygen atoms in total. The number of imidazole rings is 1. The van der Waals surface area contributed by atoms with Gasteiger partial charge in [-0.3, -0.25) is 4.79 Å². The van der Waals surface area contributed by atoms with E-state index in [0.717, 1.165) is 10.7 Å². The minimum absolute atomic E-state index is 0.0508. The summed E-state index contributed by atoms with van der Waals surface area (Å²) in [5, 5.41) is 3.91. The number of thioether (sulfide) groups is 1. The number of benzene rings is 1. The summed E-state index contributed by atoms with van der Waals surface area (Å²) in [6.45, 7) is 0.581. The van der Waals surface area contributed by atoms with Crippen molar-refractivity contribution in [3.8, 4) is 0 Å². The summed E-state index contributed by atoms with van der Waals surface area (Å²) in [5.74, 6) is 0.464. The maximum atomic E-state index is 12.0. The number of nitrogens with one attached hydrogen (secondary N) is 1. The fourth-order valence-electron chi connectivity index (χ4n) is 2.85. The lowest BCUT2D eigenvalue weighted by Crippen LogP contribution is -2.24. The summed E-state index contributed by atoms with van der Waals surface area (Å²) in [7, 11) is 0. The zero-order valence-corrected chi connectivity index (χ0v) is 13.4. The van der Waals surface area contributed by atoms with E-state index in [0.29, 0.717) is 18.3 Å². The van der Waals surface area contributed by atoms with Gasteiger partial charge in [-0.2, -0.15) is 0 Å². The molecule has 1 N–H and O–H groups in total. The van der Waals surface area contributed by atoms with E-state index in [2.05, 4.69) is 14.9 Å². The third-order valence-electron chi connectivity index (χ3n) is 4.02. The quantitative estimate of drug-likeness (QED) is 0.831. The Balaban J connectivity index is 1.48. The zero-order chi connectivity index (χ0) is 15.2. The zero-order valence-electron chi connectivity index (χ0n) is 12.6. The van der Waals surface area contributed by atoms with Crippen LogP contribution >= 0.6 is 11.8 Å². The first-order valence-corrected chi connectivity index (χ1v) is 8.78. The molecule has 0 bridgehead atoms. The molecule has 22 heavy (non-hydrogen) atoms. The predicted octanol–water partition coefficient (Wildman–Crippen LogP) is 3.41. The van der Waals surface area contributed by atoms with Crippen molar-refractivity contribution in [2.75, 3.05) is 5.75 Å². The third kappa shape index (κ3) is 3.91. The van der Waals surface area contributed by atoms with Crippen LogP contribution in [0.1, 0.15) is 37.3 Å². The molecule has 1 aromatic carbocycles. The Bertz CT molecular complexity index is 605. The molecule has 0 saturated heterocycles. The Kier molecular flexibility index (Phi) is 5.16. The van der Waals surface area contributed by atoms with Crippen LogP contribution in [0.5, 0.6) is 0 Å². The number of hydrogen-bond donors (Lipinski definition) is 1. The van der Waals surface area contributed by atoms with E-state index >= 15 is 0 Å². The van der Waals surface area contributed by atoms with Gasteiger partial charge in [-0.05, 0) is 18.4 Å². The third-order valence-corrected chi connectivity index (χ3v) is 5.00. The van der Waals surface area contributed by atoms with Gasteiger partial charge in [-0.25, -0.2) is 4.98 Å². The van der Waals surface area contributed by atoms with Crippen molar-refractivity contribution in [1.82, 2.24) is 14.9 Å². The molecule has 1 heterocycles. The molecule has 116 valence electrons. The molecular formula is C17H21N3OS. The Labute approximate surface area is 135 Å². The van der Waals surface area contributed by atoms with E-state index < -0.39 is 0 Å². The lowest BCUT2D eigenvalue weighted by Gasteiger charge is -2.14. The van der Waals surface area contributed by atoms with Crippen LogP contribution in [0.15, 0.2) is 47.9 Å². The monoisotopic (exact) mass is 315 g/mol. The van der Waals surface area contributed by atoms with Gasteiger partial charge in [0.25, 0.3) is 0 Å². The van der Waals surface area contributed by atoms with Crippen LogP contribution in [-0.4, -0.2) is 21.2 Å². The summed E-state index contributed by atoms with van der Waals surface area (Å²) >= 11 is 1.52. The first kappa shape index (κ1) is 15.2. The molecule has 1 saturated carbocycles. The van der Waals surface area contributed by atoms with Crippen molar-refractivity contribution in [3.05, 3.63) is 48.3 Å². The van der Waals surface area contributed by atoms with Crippen molar-refractivity contribution in [2.24, 2.45) is 0 Å². The Morgan fingerprint density at radius 2 is 2.05 bits per heavy atom. The molecule has 0 radical (unpaired) electrons. The van der Waals surface area contributed by atoms with Gasteiger partial charge in [-0.1, -0.05) is 54.9 Å². The average molecular weight is 315 g/mol. The summed E-state index contributed by atoms with van der Waals surface area (Å²) in [5.41, 5.74) is 1.12. The van der Waals surface area contributed by atoms with Gasteiger partial charge in [0.2, 0.25) is 5.91 Å². The highest BCUT2D eigenvalue weighted by atomic mass is 32.2. The maximum absolute atomic E-state index is 12.0. The Morgan fingerprint density at radius 1 is 1.27 bits per heavy atom. The van der Waals surface area contributed by atoms with Crippen molar-refractivity contribution in [1.29, 1.82) is 0 Å². The molecular weight excluding hydrogens is 294 g/mol. The fourth-order valence-corrected chi connectivity index (χ4v) is 3.71. The Hall–Kier alpha value is -1.75. The van der Waals surface area contributed by atoms with E-state index in [9.17, 15) is 4.79 Å². The minimum Gasteiger partial charge on any atom is -0.351 e. The molecule has 0 spiro atoms. The fraction of sp³-hybridized carbons (Fsp3) is 0.412. The van der Waals surface area contributed by atoms with Crippen LogP contribution in [-0.2, 0) is 11.3 Å². The molecule has 0 unspecified atom stereocenters. The van der Waals surface area contributed by atoms with E-state index in [1.807, 2.05) is 42.7 Å². The number of carbonyl (C=O) groups is 1. The van der Waals surface area contributed by atoms with Gasteiger partial charge in [0.1, 0.15) is 0 Å². The second-order valence-corrected chi connectivity index (χ2v) is 6.55. The minimum atomic E-state index is 0.0508. The van der Waals surface area contributed by atoms with Gasteiger partial charge >= 0.3 is 0 Å². The highest BCUT2D eigenvalue weighted by Crippen LogP contribution is 2.32. The molecule has 0 aliphatic heterocycles. The predicted molar refractivity (Wildman–Crippen MR) is 88.7 cm³/mol. The molecule has 2 aromatic rings. The van der Waals surface area contributed by atoms with Crippen LogP contribution in [0, 0.1) is 0 Å². The van der Waals surface area contributed by atoms with Crippen LogP contribution in [0.25, 0.3) is 0 Å². The highest BCUT2D eigenvalue weighted by Gasteiger charge is 2.19. The SMILES string of the molecule is O=C(CSc1nccn1C1CCCC1)NCc1ccccc1. The van der Waals surface area contributed by atoms with Crippen molar-refractivity contribution in [3.63, 3.8) is 0 Å². The van der Waals surface area contributed by atoms with Gasteiger partial charge in [-0.15, -0.1) is 0 Å². The first-order valence-electron chi connectivity index (χ1n) is 7.79. The van der Waals surface area contributed by atoms with E-state index in [-0.39, 0.29) is 5.91 Å². The summed E-state index contributed by atoms with van der Waals surface area (Å²) in [4.78, 5) is 16.4. The number of rotatable bonds is 6. The van der Waals surface area contributed by atoms with Crippen LogP contribution in [0.4, 0.5) is 0 Å². The van der Waals surface area contributed by atoms with Crippen LogP contribution in [0.3, 0.4) is 0 Å². The topological polar surface area (TPSA) is 46.9 Å². The summed E-state index contributed by atoms with van der Waals surface area (Å²) < 4.78 is 2.24. The molecule has 3 rings (SSSR count). The van der Waals surface area contributed by atoms with E-state index in [1.165, 1.54) is 37.4 Å². The van der Waals surface area contributed by atoms with E-state index in [1.54, 1.807) is 0 Å². The van der Waals surface area contributed by atoms with E-state index in [4.69, 9.17) is 0 Å². The number of hydrogen-bond acceptors (Lipinski definition) is 3. The lowest BCUT2D eigenvalue weighted by atomic mass is 10.2. The van der Waals surface area contributed by atoms with Gasteiger partial charge in [0.15, 0.2) is 5.16 Å². The highest BCUT2D eigenvalue weighted by molar-refractivity contribution is 7.99. The number of aromatic nitrogens is 2. The summed E-state index contributed by atoms with van der Waals surface area (Å²) in [6.07, 6.45) is 8.92. The van der Waals surface area contributed by atoms with Crippen LogP contribution < -0.4 is 5.32 Å². The van der Waals surface area contributed by atoms with Gasteiger partial charge in [0.05, 0.1) is 5.75 Å². The number of amides is 1. The smallest absolute Gasteiger partial charge is 0.230 e. The molecule has 1 aliphatic rings. The molecule has 1 fully saturated rings. The van der Waals surface area contributed by atoms with Crippen molar-refractivity contribution < 1.29 is 4.79 Å². The first-order chi connectivity index (χ1) is 10.8. The summed E-state index contributed by atoms with van der Waals surface area (Å²) in [6, 6.07) is 10.5. The van der Waals surface area contributed by atoms with Gasteiger partial charge in [0, 0.05) is 25.0 Å². The Morgan fingerprint density at radius 3 is 2.82 bits per heavy atom. The molecule has 1 amide bonds. The number of nitrogens with zero attached hydrogens (tertiary/aromatic N) is 2. The lowest BCUT2D eigenvalue weighted by molar-refractivity contribution is -0.118. The van der Waals surface area contributed by atoms with Crippen LogP contribution in [0.2, 0.25) is 0 Å². The molecule has 1 aromatic heterocycles. The number of carbonyl (C=O) groups excluding carboxylic acids is 1. The average Bonchev–Trinajstić information content (AvgIpc) is 3.22. The van der Waals surface area contributed by atoms with Crippen molar-refractivity contribution >= 4 is 17.7 Å². The van der Waals surface area contributed by atoms with Crippen molar-refractivity contribution in [2.45, 2.75) is 43.4 Å². The molecule has 0 atom stereocenters. The standard InChI is InChI=1S/C17H21N3OS/c21-16(19-12-14-6-2-1-3-7-14)13-22-17-18-10-11-20(17)15-8-4-5-9-15/h1-3,6-7,10-11,15H,4-5,8-9,12-13H2,(H,19,21). The maximum Gasteiger partial charge on any atom is 0.230 e. The largest absolute Gasteiger partial charge is 0.351 e. The normalized spacial score (nSPS) is 15.1.